The van der Waals surface area contributed by atoms with Gasteiger partial charge in [0.05, 0.1) is 0 Å². The van der Waals surface area contributed by atoms with Crippen molar-refractivity contribution >= 4 is 44.1 Å². The molecule has 0 aliphatic heterocycles. The standard InChI is InChI=1S/C14H28NO.Na.H2O4S/c1-3-4-5-6-7-8-9-10-11-12-14(16)13(2)15;;1-5(2,3)4/h13H,2-12,15H2,1H3;;(H2,1,2,3,4). The van der Waals surface area contributed by atoms with Crippen LogP contribution in [0.4, 0.5) is 0 Å². The van der Waals surface area contributed by atoms with Crippen LogP contribution in [0, 0.1) is 0 Å². The summed E-state index contributed by atoms with van der Waals surface area (Å²) in [5.74, 6) is 0.281. The molecule has 22 heavy (non-hydrogen) atoms. The summed E-state index contributed by atoms with van der Waals surface area (Å²) in [4.78, 5) is 11.5. The third-order valence-electron chi connectivity index (χ3n) is 3.38. The molecule has 1 unspecified atom stereocenters. The summed E-state index contributed by atoms with van der Waals surface area (Å²) in [5.41, 5.74) is 5.71. The molecule has 0 aliphatic rings. The monoisotopic (exact) mass is 347 g/mol. The van der Waals surface area contributed by atoms with Crippen molar-refractivity contribution in [3.63, 3.8) is 0 Å². The molecule has 128 valence electrons. The number of unbranched alkanes of at least 4 members (excludes halogenated alkanes) is 8. The van der Waals surface area contributed by atoms with E-state index in [0.717, 1.165) is 38.0 Å². The van der Waals surface area contributed by atoms with Gasteiger partial charge < -0.3 is 0 Å². The van der Waals surface area contributed by atoms with Crippen molar-refractivity contribution in [1.29, 1.82) is 0 Å². The first-order valence-corrected chi connectivity index (χ1v) is 11.0. The summed E-state index contributed by atoms with van der Waals surface area (Å²) in [5, 5.41) is 0. The van der Waals surface area contributed by atoms with Crippen LogP contribution >= 0.6 is 0 Å². The number of Topliss-reactive ketones (excluding diaryl/α,β-unsaturated/α-hetero) is 1. The molecule has 0 aromatic carbocycles. The number of hydrogen-bond donors (Lipinski definition) is 3. The molecule has 0 fully saturated rings. The molecule has 0 aromatic heterocycles. The number of ketones is 1. The zero-order chi connectivity index (χ0) is 17.4. The maximum Gasteiger partial charge on any atom is 0.394 e. The molecule has 0 rings (SSSR count). The van der Waals surface area contributed by atoms with E-state index >= 15 is 0 Å². The van der Waals surface area contributed by atoms with Crippen molar-refractivity contribution in [2.24, 2.45) is 5.73 Å². The van der Waals surface area contributed by atoms with Crippen molar-refractivity contribution < 1.29 is 22.3 Å². The van der Waals surface area contributed by atoms with Crippen LogP contribution in [-0.4, -0.2) is 57.3 Å². The van der Waals surface area contributed by atoms with Gasteiger partial charge in [0.15, 0.2) is 0 Å². The SMILES string of the molecule is CCCCCCCCCCCC(=O)C(N)[CH2][Na].O=S(=O)(O)O. The molecular formula is C14H30NNaO5S. The van der Waals surface area contributed by atoms with Gasteiger partial charge in [0.1, 0.15) is 0 Å². The summed E-state index contributed by atoms with van der Waals surface area (Å²) in [7, 11) is -4.67. The molecule has 6 nitrogen and oxygen atoms in total. The zero-order valence-electron chi connectivity index (χ0n) is 14.0. The molecule has 0 amide bonds. The minimum atomic E-state index is -4.67. The maximum absolute atomic E-state index is 11.5. The Balaban J connectivity index is 0. The number of nitrogens with two attached hydrogens (primary N) is 1. The van der Waals surface area contributed by atoms with Crippen molar-refractivity contribution in [2.45, 2.75) is 80.8 Å². The van der Waals surface area contributed by atoms with Gasteiger partial charge in [0, 0.05) is 0 Å². The Morgan fingerprint density at radius 2 is 1.36 bits per heavy atom. The average Bonchev–Trinajstić information content (AvgIpc) is 2.42. The average molecular weight is 347 g/mol. The van der Waals surface area contributed by atoms with Gasteiger partial charge in [-0.1, -0.05) is 13.3 Å². The predicted molar refractivity (Wildman–Crippen MR) is 89.6 cm³/mol. The molecule has 0 radical (unpaired) electrons. The summed E-state index contributed by atoms with van der Waals surface area (Å²) in [6.45, 7) is 2.25. The van der Waals surface area contributed by atoms with Gasteiger partial charge in [-0.05, 0) is 0 Å². The second-order valence-electron chi connectivity index (χ2n) is 5.51. The normalized spacial score (nSPS) is 12.5. The Labute approximate surface area is 152 Å². The van der Waals surface area contributed by atoms with E-state index in [9.17, 15) is 4.79 Å². The molecule has 4 N–H and O–H groups in total. The van der Waals surface area contributed by atoms with E-state index in [4.69, 9.17) is 23.3 Å². The van der Waals surface area contributed by atoms with Crippen LogP contribution in [0.25, 0.3) is 0 Å². The predicted octanol–water partition coefficient (Wildman–Crippen LogP) is 2.74. The quantitative estimate of drug-likeness (QED) is 0.284. The minimum Gasteiger partial charge on any atom is -0.264 e. The second kappa shape index (κ2) is 16.4. The molecule has 0 heterocycles. The van der Waals surface area contributed by atoms with Crippen LogP contribution in [-0.2, 0) is 15.2 Å². The van der Waals surface area contributed by atoms with Crippen LogP contribution in [0.3, 0.4) is 0 Å². The van der Waals surface area contributed by atoms with Gasteiger partial charge in [0.25, 0.3) is 0 Å². The Bertz CT molecular complexity index is 354. The van der Waals surface area contributed by atoms with Crippen LogP contribution < -0.4 is 5.73 Å². The van der Waals surface area contributed by atoms with E-state index in [1.807, 2.05) is 0 Å². The number of carbonyl (C=O) groups is 1. The Morgan fingerprint density at radius 1 is 1.00 bits per heavy atom. The molecule has 0 saturated carbocycles. The van der Waals surface area contributed by atoms with Crippen LogP contribution in [0.1, 0.15) is 71.1 Å². The van der Waals surface area contributed by atoms with E-state index in [-0.39, 0.29) is 11.8 Å². The van der Waals surface area contributed by atoms with E-state index in [1.54, 1.807) is 0 Å². The van der Waals surface area contributed by atoms with Crippen molar-refractivity contribution in [3.8, 4) is 0 Å². The Morgan fingerprint density at radius 3 is 1.73 bits per heavy atom. The fraction of sp³-hybridized carbons (Fsp3) is 0.929. The first-order valence-electron chi connectivity index (χ1n) is 8.20. The Kier molecular flexibility index (Phi) is 18.4. The van der Waals surface area contributed by atoms with Gasteiger partial charge in [0.2, 0.25) is 0 Å². The first-order chi connectivity index (χ1) is 10.2. The third kappa shape index (κ3) is 25.5. The molecular weight excluding hydrogens is 317 g/mol. The molecule has 0 spiro atoms. The maximum atomic E-state index is 11.5. The molecule has 8 heteroatoms. The second-order valence-corrected chi connectivity index (χ2v) is 7.22. The van der Waals surface area contributed by atoms with Crippen LogP contribution in [0.2, 0.25) is 3.67 Å². The van der Waals surface area contributed by atoms with E-state index in [2.05, 4.69) is 6.92 Å². The fourth-order valence-corrected chi connectivity index (χ4v) is 2.48. The van der Waals surface area contributed by atoms with Gasteiger partial charge in [-0.15, -0.1) is 0 Å². The van der Waals surface area contributed by atoms with E-state index < -0.39 is 10.4 Å². The summed E-state index contributed by atoms with van der Waals surface area (Å²) >= 11 is 1.04. The fourth-order valence-electron chi connectivity index (χ4n) is 2.02. The van der Waals surface area contributed by atoms with Crippen LogP contribution in [0.5, 0.6) is 0 Å². The number of carbonyl (C=O) groups excluding carboxylic acids is 1. The summed E-state index contributed by atoms with van der Waals surface area (Å²) in [6, 6.07) is -0.157. The molecule has 0 saturated heterocycles. The topological polar surface area (TPSA) is 118 Å². The van der Waals surface area contributed by atoms with E-state index in [1.165, 1.54) is 51.4 Å². The largest absolute Gasteiger partial charge is 0.394 e. The van der Waals surface area contributed by atoms with Crippen molar-refractivity contribution in [1.82, 2.24) is 0 Å². The van der Waals surface area contributed by atoms with Crippen LogP contribution in [0.15, 0.2) is 0 Å². The number of hydrogen-bond acceptors (Lipinski definition) is 4. The smallest absolute Gasteiger partial charge is 0.264 e. The van der Waals surface area contributed by atoms with Gasteiger partial charge in [-0.2, -0.15) is 8.42 Å². The molecule has 0 aromatic rings. The van der Waals surface area contributed by atoms with Gasteiger partial charge >= 0.3 is 122 Å². The summed E-state index contributed by atoms with van der Waals surface area (Å²) in [6.07, 6.45) is 12.4. The first kappa shape index (κ1) is 24.7. The minimum absolute atomic E-state index is 0.157. The molecule has 0 aliphatic carbocycles. The van der Waals surface area contributed by atoms with Crippen molar-refractivity contribution in [2.75, 3.05) is 0 Å². The van der Waals surface area contributed by atoms with Gasteiger partial charge in [-0.3, -0.25) is 9.11 Å². The van der Waals surface area contributed by atoms with Crippen molar-refractivity contribution in [3.05, 3.63) is 0 Å². The number of rotatable bonds is 12. The molecule has 0 bridgehead atoms. The molecule has 1 atom stereocenters. The van der Waals surface area contributed by atoms with E-state index in [0.29, 0.717) is 6.42 Å². The zero-order valence-corrected chi connectivity index (χ0v) is 16.8. The summed E-state index contributed by atoms with van der Waals surface area (Å²) < 4.78 is 32.5. The third-order valence-corrected chi connectivity index (χ3v) is 4.26. The Hall–Kier alpha value is 0.500. The van der Waals surface area contributed by atoms with Gasteiger partial charge in [-0.25, -0.2) is 0 Å².